The molecule has 0 unspecified atom stereocenters. The van der Waals surface area contributed by atoms with E-state index in [0.29, 0.717) is 0 Å². The van der Waals surface area contributed by atoms with Crippen molar-refractivity contribution in [2.75, 3.05) is 12.9 Å². The highest BCUT2D eigenvalue weighted by Gasteiger charge is 2.09. The molecule has 2 aromatic rings. The van der Waals surface area contributed by atoms with Gasteiger partial charge in [0.15, 0.2) is 0 Å². The summed E-state index contributed by atoms with van der Waals surface area (Å²) in [5.74, 6) is -0.00671. The molecule has 0 atom stereocenters. The third kappa shape index (κ3) is 3.17. The molecule has 1 heterocycles. The van der Waals surface area contributed by atoms with Gasteiger partial charge in [-0.2, -0.15) is 0 Å². The fraction of sp³-hybridized carbons (Fsp3) is 0.286. The van der Waals surface area contributed by atoms with E-state index in [1.165, 1.54) is 11.8 Å². The summed E-state index contributed by atoms with van der Waals surface area (Å²) in [5, 5.41) is 10.6. The van der Waals surface area contributed by atoms with Crippen LogP contribution >= 0.6 is 11.8 Å². The lowest BCUT2D eigenvalue weighted by molar-refractivity contribution is -0.133. The number of rotatable bonds is 5. The molecule has 1 aromatic carbocycles. The maximum absolute atomic E-state index is 10.7. The minimum Gasteiger partial charge on any atom is -0.497 e. The van der Waals surface area contributed by atoms with Crippen molar-refractivity contribution in [2.24, 2.45) is 0 Å². The molecular formula is C14H15NO3S. The van der Waals surface area contributed by atoms with Crippen LogP contribution in [0.1, 0.15) is 12.5 Å². The Morgan fingerprint density at radius 2 is 2.21 bits per heavy atom. The number of fused-ring (bicyclic) bond motifs is 1. The van der Waals surface area contributed by atoms with E-state index in [2.05, 4.69) is 11.1 Å². The Hall–Kier alpha value is -1.75. The van der Waals surface area contributed by atoms with Crippen LogP contribution in [-0.2, 0) is 11.2 Å². The average molecular weight is 277 g/mol. The summed E-state index contributed by atoms with van der Waals surface area (Å²) >= 11 is 1.26. The van der Waals surface area contributed by atoms with Crippen molar-refractivity contribution in [1.29, 1.82) is 0 Å². The molecule has 100 valence electrons. The average Bonchev–Trinajstić information content (AvgIpc) is 2.43. The molecule has 0 spiro atoms. The highest BCUT2D eigenvalue weighted by atomic mass is 32.2. The second-order valence-electron chi connectivity index (χ2n) is 4.05. The minimum atomic E-state index is -0.830. The SMILES string of the molecule is CCc1cc2cc(OC)ccc2nc1SCC(=O)O. The van der Waals surface area contributed by atoms with Gasteiger partial charge in [-0.05, 0) is 36.2 Å². The van der Waals surface area contributed by atoms with Crippen molar-refractivity contribution >= 4 is 28.6 Å². The molecular weight excluding hydrogens is 262 g/mol. The summed E-state index contributed by atoms with van der Waals surface area (Å²) in [6.45, 7) is 2.04. The number of hydrogen-bond acceptors (Lipinski definition) is 4. The van der Waals surface area contributed by atoms with Gasteiger partial charge in [-0.1, -0.05) is 18.7 Å². The van der Waals surface area contributed by atoms with Gasteiger partial charge in [-0.3, -0.25) is 4.79 Å². The van der Waals surface area contributed by atoms with Crippen LogP contribution in [0.2, 0.25) is 0 Å². The van der Waals surface area contributed by atoms with Crippen LogP contribution in [0, 0.1) is 0 Å². The predicted octanol–water partition coefficient (Wildman–Crippen LogP) is 2.98. The number of aromatic nitrogens is 1. The number of carboxylic acids is 1. The third-order valence-corrected chi connectivity index (χ3v) is 3.79. The molecule has 0 bridgehead atoms. The summed E-state index contributed by atoms with van der Waals surface area (Å²) < 4.78 is 5.19. The van der Waals surface area contributed by atoms with Gasteiger partial charge in [0.05, 0.1) is 18.4 Å². The number of pyridine rings is 1. The smallest absolute Gasteiger partial charge is 0.313 e. The third-order valence-electron chi connectivity index (χ3n) is 2.77. The van der Waals surface area contributed by atoms with Crippen LogP contribution in [0.4, 0.5) is 0 Å². The van der Waals surface area contributed by atoms with E-state index in [4.69, 9.17) is 9.84 Å². The van der Waals surface area contributed by atoms with E-state index in [0.717, 1.165) is 33.7 Å². The Morgan fingerprint density at radius 3 is 2.84 bits per heavy atom. The number of ether oxygens (including phenoxy) is 1. The van der Waals surface area contributed by atoms with Crippen LogP contribution < -0.4 is 4.74 Å². The molecule has 0 aliphatic carbocycles. The molecule has 5 heteroatoms. The van der Waals surface area contributed by atoms with Gasteiger partial charge in [0, 0.05) is 5.39 Å². The van der Waals surface area contributed by atoms with Crippen LogP contribution in [0.5, 0.6) is 5.75 Å². The minimum absolute atomic E-state index is 0.0294. The van der Waals surface area contributed by atoms with Gasteiger partial charge in [-0.25, -0.2) is 4.98 Å². The number of nitrogens with zero attached hydrogens (tertiary/aromatic N) is 1. The molecule has 1 N–H and O–H groups in total. The Kier molecular flexibility index (Phi) is 4.27. The molecule has 0 saturated carbocycles. The quantitative estimate of drug-likeness (QED) is 0.851. The van der Waals surface area contributed by atoms with Crippen molar-refractivity contribution in [3.63, 3.8) is 0 Å². The first-order valence-electron chi connectivity index (χ1n) is 5.96. The largest absolute Gasteiger partial charge is 0.497 e. The van der Waals surface area contributed by atoms with E-state index >= 15 is 0 Å². The lowest BCUT2D eigenvalue weighted by atomic mass is 10.1. The molecule has 0 radical (unpaired) electrons. The maximum atomic E-state index is 10.7. The molecule has 0 fully saturated rings. The Labute approximate surface area is 115 Å². The van der Waals surface area contributed by atoms with Crippen LogP contribution in [-0.4, -0.2) is 28.9 Å². The van der Waals surface area contributed by atoms with Gasteiger partial charge < -0.3 is 9.84 Å². The van der Waals surface area contributed by atoms with E-state index in [1.807, 2.05) is 25.1 Å². The first kappa shape index (κ1) is 13.7. The molecule has 2 rings (SSSR count). The summed E-state index contributed by atoms with van der Waals surface area (Å²) in [4.78, 5) is 15.2. The Bertz CT molecular complexity index is 613. The number of aryl methyl sites for hydroxylation is 1. The van der Waals surface area contributed by atoms with Gasteiger partial charge in [-0.15, -0.1) is 0 Å². The molecule has 4 nitrogen and oxygen atoms in total. The number of methoxy groups -OCH3 is 1. The first-order chi connectivity index (χ1) is 9.13. The maximum Gasteiger partial charge on any atom is 0.313 e. The first-order valence-corrected chi connectivity index (χ1v) is 6.95. The molecule has 0 amide bonds. The van der Waals surface area contributed by atoms with Gasteiger partial charge in [0.25, 0.3) is 0 Å². The molecule has 1 aromatic heterocycles. The van der Waals surface area contributed by atoms with Crippen LogP contribution in [0.15, 0.2) is 29.3 Å². The highest BCUT2D eigenvalue weighted by Crippen LogP contribution is 2.27. The van der Waals surface area contributed by atoms with E-state index in [1.54, 1.807) is 7.11 Å². The Morgan fingerprint density at radius 1 is 1.42 bits per heavy atom. The lowest BCUT2D eigenvalue weighted by Gasteiger charge is -2.09. The number of benzene rings is 1. The van der Waals surface area contributed by atoms with Crippen molar-refractivity contribution in [3.05, 3.63) is 29.8 Å². The van der Waals surface area contributed by atoms with Crippen molar-refractivity contribution < 1.29 is 14.6 Å². The molecule has 0 saturated heterocycles. The van der Waals surface area contributed by atoms with Crippen LogP contribution in [0.3, 0.4) is 0 Å². The molecule has 0 aliphatic heterocycles. The normalized spacial score (nSPS) is 10.6. The molecule has 19 heavy (non-hydrogen) atoms. The number of hydrogen-bond donors (Lipinski definition) is 1. The van der Waals surface area contributed by atoms with E-state index < -0.39 is 5.97 Å². The van der Waals surface area contributed by atoms with Gasteiger partial charge >= 0.3 is 5.97 Å². The Balaban J connectivity index is 2.44. The van der Waals surface area contributed by atoms with Gasteiger partial charge in [0.2, 0.25) is 0 Å². The summed E-state index contributed by atoms with van der Waals surface area (Å²) in [6, 6.07) is 7.73. The fourth-order valence-corrected chi connectivity index (χ4v) is 2.63. The number of thioether (sulfide) groups is 1. The van der Waals surface area contributed by atoms with E-state index in [9.17, 15) is 4.79 Å². The number of aliphatic carboxylic acids is 1. The molecule has 0 aliphatic rings. The number of carbonyl (C=O) groups is 1. The van der Waals surface area contributed by atoms with Crippen molar-refractivity contribution in [2.45, 2.75) is 18.4 Å². The van der Waals surface area contributed by atoms with Crippen LogP contribution in [0.25, 0.3) is 10.9 Å². The second kappa shape index (κ2) is 5.93. The summed E-state index contributed by atoms with van der Waals surface area (Å²) in [6.07, 6.45) is 0.822. The zero-order valence-corrected chi connectivity index (χ0v) is 11.7. The zero-order chi connectivity index (χ0) is 13.8. The summed E-state index contributed by atoms with van der Waals surface area (Å²) in [5.41, 5.74) is 1.91. The standard InChI is InChI=1S/C14H15NO3S/c1-3-9-6-10-7-11(18-2)4-5-12(10)15-14(9)19-8-13(16)17/h4-7H,3,8H2,1-2H3,(H,16,17). The van der Waals surface area contributed by atoms with Crippen molar-refractivity contribution in [1.82, 2.24) is 4.98 Å². The zero-order valence-electron chi connectivity index (χ0n) is 10.8. The monoisotopic (exact) mass is 277 g/mol. The fourth-order valence-electron chi connectivity index (χ4n) is 1.82. The predicted molar refractivity (Wildman–Crippen MR) is 76.0 cm³/mol. The summed E-state index contributed by atoms with van der Waals surface area (Å²) in [7, 11) is 1.63. The lowest BCUT2D eigenvalue weighted by Crippen LogP contribution is -2.00. The second-order valence-corrected chi connectivity index (χ2v) is 5.01. The van der Waals surface area contributed by atoms with E-state index in [-0.39, 0.29) is 5.75 Å². The van der Waals surface area contributed by atoms with Crippen molar-refractivity contribution in [3.8, 4) is 5.75 Å². The number of carboxylic acid groups (broad SMARTS) is 1. The topological polar surface area (TPSA) is 59.4 Å². The highest BCUT2D eigenvalue weighted by molar-refractivity contribution is 7.99. The van der Waals surface area contributed by atoms with Gasteiger partial charge in [0.1, 0.15) is 10.8 Å².